The van der Waals surface area contributed by atoms with Gasteiger partial charge in [0.25, 0.3) is 0 Å². The Hall–Kier alpha value is -1.02. The Morgan fingerprint density at radius 2 is 1.86 bits per heavy atom. The molecule has 0 bridgehead atoms. The Balaban J connectivity index is 2.19. The van der Waals surface area contributed by atoms with Crippen LogP contribution in [0.1, 0.15) is 22.3 Å². The van der Waals surface area contributed by atoms with E-state index in [2.05, 4.69) is 37.9 Å². The van der Waals surface area contributed by atoms with E-state index in [4.69, 9.17) is 21.6 Å². The summed E-state index contributed by atoms with van der Waals surface area (Å²) in [6.45, 7) is 2.41. The van der Waals surface area contributed by atoms with Crippen molar-refractivity contribution >= 4 is 43.5 Å². The van der Waals surface area contributed by atoms with E-state index < -0.39 is 0 Å². The van der Waals surface area contributed by atoms with E-state index in [1.807, 2.05) is 31.2 Å². The van der Waals surface area contributed by atoms with Crippen LogP contribution in [-0.2, 0) is 12.5 Å². The lowest BCUT2D eigenvalue weighted by Gasteiger charge is -2.13. The lowest BCUT2D eigenvalue weighted by molar-refractivity contribution is 0.301. The van der Waals surface area contributed by atoms with Gasteiger partial charge in [-0.2, -0.15) is 5.26 Å². The predicted octanol–water partition coefficient (Wildman–Crippen LogP) is 5.71. The molecule has 0 amide bonds. The second-order valence-electron chi connectivity index (χ2n) is 4.56. The molecule has 0 saturated heterocycles. The SMILES string of the molecule is Cc1cc(C#N)ccc1COc1c(Br)cc(CCl)cc1Br. The monoisotopic (exact) mass is 427 g/mol. The van der Waals surface area contributed by atoms with E-state index in [9.17, 15) is 0 Å². The normalized spacial score (nSPS) is 10.2. The molecule has 2 nitrogen and oxygen atoms in total. The van der Waals surface area contributed by atoms with Gasteiger partial charge in [0.1, 0.15) is 12.4 Å². The van der Waals surface area contributed by atoms with Crippen molar-refractivity contribution in [2.75, 3.05) is 0 Å². The van der Waals surface area contributed by atoms with Crippen molar-refractivity contribution in [2.45, 2.75) is 19.4 Å². The first-order valence-electron chi connectivity index (χ1n) is 6.21. The highest BCUT2D eigenvalue weighted by molar-refractivity contribution is 9.11. The molecule has 0 aliphatic carbocycles. The molecule has 0 fully saturated rings. The number of halogens is 3. The third-order valence-corrected chi connectivity index (χ3v) is 4.54. The van der Waals surface area contributed by atoms with Crippen molar-refractivity contribution in [1.29, 1.82) is 5.26 Å². The fourth-order valence-corrected chi connectivity index (χ4v) is 3.57. The van der Waals surface area contributed by atoms with Crippen LogP contribution in [0.3, 0.4) is 0 Å². The average Bonchev–Trinajstić information content (AvgIpc) is 2.47. The number of aryl methyl sites for hydroxylation is 1. The minimum absolute atomic E-state index is 0.439. The van der Waals surface area contributed by atoms with Crippen LogP contribution in [0.2, 0.25) is 0 Å². The van der Waals surface area contributed by atoms with E-state index in [-0.39, 0.29) is 0 Å². The quantitative estimate of drug-likeness (QED) is 0.583. The van der Waals surface area contributed by atoms with Crippen LogP contribution in [-0.4, -0.2) is 0 Å². The van der Waals surface area contributed by atoms with Crippen molar-refractivity contribution < 1.29 is 4.74 Å². The number of ether oxygens (including phenoxy) is 1. The molecule has 2 rings (SSSR count). The average molecular weight is 430 g/mol. The largest absolute Gasteiger partial charge is 0.487 e. The zero-order chi connectivity index (χ0) is 15.4. The van der Waals surface area contributed by atoms with Crippen LogP contribution in [0.15, 0.2) is 39.3 Å². The summed E-state index contributed by atoms with van der Waals surface area (Å²) < 4.78 is 7.61. The molecular formula is C16H12Br2ClNO. The van der Waals surface area contributed by atoms with Gasteiger partial charge < -0.3 is 4.74 Å². The maximum atomic E-state index is 8.88. The van der Waals surface area contributed by atoms with Gasteiger partial charge in [-0.05, 0) is 79.7 Å². The summed E-state index contributed by atoms with van der Waals surface area (Å²) in [6, 6.07) is 11.6. The molecular weight excluding hydrogens is 417 g/mol. The predicted molar refractivity (Wildman–Crippen MR) is 91.6 cm³/mol. The molecule has 0 heterocycles. The maximum Gasteiger partial charge on any atom is 0.148 e. The lowest BCUT2D eigenvalue weighted by Crippen LogP contribution is -2.00. The summed E-state index contributed by atoms with van der Waals surface area (Å²) in [5.41, 5.74) is 3.76. The summed E-state index contributed by atoms with van der Waals surface area (Å²) in [4.78, 5) is 0. The number of alkyl halides is 1. The van der Waals surface area contributed by atoms with Crippen LogP contribution >= 0.6 is 43.5 Å². The molecule has 21 heavy (non-hydrogen) atoms. The first kappa shape index (κ1) is 16.4. The van der Waals surface area contributed by atoms with Gasteiger partial charge in [-0.15, -0.1) is 11.6 Å². The summed E-state index contributed by atoms with van der Waals surface area (Å²) in [7, 11) is 0. The second-order valence-corrected chi connectivity index (χ2v) is 6.54. The summed E-state index contributed by atoms with van der Waals surface area (Å²) in [6.07, 6.45) is 0. The third kappa shape index (κ3) is 4.00. The van der Waals surface area contributed by atoms with Crippen molar-refractivity contribution in [2.24, 2.45) is 0 Å². The molecule has 0 saturated carbocycles. The number of benzene rings is 2. The minimum atomic E-state index is 0.439. The Labute approximate surface area is 145 Å². The zero-order valence-corrected chi connectivity index (χ0v) is 15.2. The fourth-order valence-electron chi connectivity index (χ4n) is 1.90. The van der Waals surface area contributed by atoms with Crippen LogP contribution in [0, 0.1) is 18.3 Å². The molecule has 5 heteroatoms. The van der Waals surface area contributed by atoms with E-state index in [1.165, 1.54) is 0 Å². The molecule has 0 N–H and O–H groups in total. The number of rotatable bonds is 4. The van der Waals surface area contributed by atoms with Crippen LogP contribution in [0.4, 0.5) is 0 Å². The molecule has 0 aliphatic rings. The molecule has 0 aromatic heterocycles. The van der Waals surface area contributed by atoms with Gasteiger partial charge in [0, 0.05) is 5.88 Å². The molecule has 0 aliphatic heterocycles. The highest BCUT2D eigenvalue weighted by atomic mass is 79.9. The van der Waals surface area contributed by atoms with Gasteiger partial charge in [0.15, 0.2) is 0 Å². The van der Waals surface area contributed by atoms with Crippen molar-refractivity contribution in [3.05, 3.63) is 61.5 Å². The highest BCUT2D eigenvalue weighted by Gasteiger charge is 2.10. The van der Waals surface area contributed by atoms with Crippen molar-refractivity contribution in [3.63, 3.8) is 0 Å². The Morgan fingerprint density at radius 3 is 2.38 bits per heavy atom. The molecule has 0 unspecified atom stereocenters. The van der Waals surface area contributed by atoms with Crippen LogP contribution in [0.25, 0.3) is 0 Å². The van der Waals surface area contributed by atoms with Gasteiger partial charge in [0.05, 0.1) is 20.6 Å². The Bertz CT molecular complexity index is 687. The van der Waals surface area contributed by atoms with Gasteiger partial charge in [0.2, 0.25) is 0 Å². The third-order valence-electron chi connectivity index (χ3n) is 3.06. The van der Waals surface area contributed by atoms with Gasteiger partial charge in [-0.25, -0.2) is 0 Å². The van der Waals surface area contributed by atoms with Gasteiger partial charge >= 0.3 is 0 Å². The van der Waals surface area contributed by atoms with E-state index >= 15 is 0 Å². The maximum absolute atomic E-state index is 8.88. The first-order valence-corrected chi connectivity index (χ1v) is 8.33. The van der Waals surface area contributed by atoms with E-state index in [0.29, 0.717) is 18.1 Å². The second kappa shape index (κ2) is 7.31. The van der Waals surface area contributed by atoms with E-state index in [1.54, 1.807) is 6.07 Å². The summed E-state index contributed by atoms with van der Waals surface area (Å²) >= 11 is 12.8. The number of hydrogen-bond donors (Lipinski definition) is 0. The molecule has 0 atom stereocenters. The molecule has 0 spiro atoms. The zero-order valence-electron chi connectivity index (χ0n) is 11.3. The summed E-state index contributed by atoms with van der Waals surface area (Å²) in [5.74, 6) is 1.19. The molecule has 2 aromatic rings. The topological polar surface area (TPSA) is 33.0 Å². The fraction of sp³-hybridized carbons (Fsp3) is 0.188. The smallest absolute Gasteiger partial charge is 0.148 e. The minimum Gasteiger partial charge on any atom is -0.487 e. The Morgan fingerprint density at radius 1 is 1.19 bits per heavy atom. The summed E-state index contributed by atoms with van der Waals surface area (Å²) in [5, 5.41) is 8.88. The number of nitriles is 1. The highest BCUT2D eigenvalue weighted by Crippen LogP contribution is 2.35. The lowest BCUT2D eigenvalue weighted by atomic mass is 10.1. The number of nitrogens with zero attached hydrogens (tertiary/aromatic N) is 1. The van der Waals surface area contributed by atoms with E-state index in [0.717, 1.165) is 31.4 Å². The molecule has 2 aromatic carbocycles. The van der Waals surface area contributed by atoms with Crippen molar-refractivity contribution in [1.82, 2.24) is 0 Å². The first-order chi connectivity index (χ1) is 10.0. The Kier molecular flexibility index (Phi) is 5.69. The van der Waals surface area contributed by atoms with Gasteiger partial charge in [-0.3, -0.25) is 0 Å². The van der Waals surface area contributed by atoms with Gasteiger partial charge in [-0.1, -0.05) is 6.07 Å². The van der Waals surface area contributed by atoms with Crippen LogP contribution in [0.5, 0.6) is 5.75 Å². The number of hydrogen-bond acceptors (Lipinski definition) is 2. The molecule has 108 valence electrons. The standard InChI is InChI=1S/C16H12Br2ClNO/c1-10-4-11(8-20)2-3-13(10)9-21-16-14(17)5-12(7-19)6-15(16)18/h2-6H,7,9H2,1H3. The van der Waals surface area contributed by atoms with Crippen LogP contribution < -0.4 is 4.74 Å². The molecule has 0 radical (unpaired) electrons. The van der Waals surface area contributed by atoms with Crippen molar-refractivity contribution in [3.8, 4) is 11.8 Å².